The second-order valence-corrected chi connectivity index (χ2v) is 3.75. The summed E-state index contributed by atoms with van der Waals surface area (Å²) in [6, 6.07) is 2.20. The summed E-state index contributed by atoms with van der Waals surface area (Å²) in [5.74, 6) is -0.0940. The molecule has 1 aromatic rings. The fourth-order valence-electron chi connectivity index (χ4n) is 1.20. The lowest BCUT2D eigenvalue weighted by molar-refractivity contribution is 0.424. The fourth-order valence-corrected chi connectivity index (χ4v) is 1.82. The van der Waals surface area contributed by atoms with Crippen LogP contribution >= 0.6 is 35.6 Å². The van der Waals surface area contributed by atoms with Gasteiger partial charge >= 0.3 is 0 Å². The molecule has 86 valence electrons. The predicted octanol–water partition coefficient (Wildman–Crippen LogP) is 3.48. The molecule has 0 aliphatic rings. The van der Waals surface area contributed by atoms with Crippen LogP contribution in [0.3, 0.4) is 0 Å². The number of benzene rings is 1. The normalized spacial score (nSPS) is 12.0. The zero-order valence-electron chi connectivity index (χ0n) is 7.71. The zero-order valence-corrected chi connectivity index (χ0v) is 10.0. The number of halogens is 4. The van der Waals surface area contributed by atoms with E-state index < -0.39 is 12.7 Å². The monoisotopic (exact) mass is 273 g/mol. The molecule has 0 aromatic heterocycles. The molecular formula is C9H11Cl3FNO. The number of nitrogens with two attached hydrogens (primary N) is 1. The van der Waals surface area contributed by atoms with Gasteiger partial charge in [-0.25, -0.2) is 0 Å². The van der Waals surface area contributed by atoms with E-state index in [-0.39, 0.29) is 29.6 Å². The van der Waals surface area contributed by atoms with Crippen molar-refractivity contribution in [3.63, 3.8) is 0 Å². The average Bonchev–Trinajstić information content (AvgIpc) is 2.01. The Morgan fingerprint density at radius 1 is 1.40 bits per heavy atom. The first-order valence-electron chi connectivity index (χ1n) is 4.05. The zero-order chi connectivity index (χ0) is 10.7. The van der Waals surface area contributed by atoms with Gasteiger partial charge in [-0.2, -0.15) is 0 Å². The van der Waals surface area contributed by atoms with E-state index in [1.807, 2.05) is 0 Å². The SMILES string of the molecule is Cl.N[C@H](CCF)c1c(O)cc(Cl)cc1Cl. The topological polar surface area (TPSA) is 46.2 Å². The molecule has 1 aromatic carbocycles. The molecule has 0 radical (unpaired) electrons. The van der Waals surface area contributed by atoms with Crippen LogP contribution in [0.25, 0.3) is 0 Å². The number of alkyl halides is 1. The molecule has 1 atom stereocenters. The largest absolute Gasteiger partial charge is 0.508 e. The lowest BCUT2D eigenvalue weighted by Crippen LogP contribution is -2.11. The van der Waals surface area contributed by atoms with Crippen LogP contribution in [0, 0.1) is 0 Å². The van der Waals surface area contributed by atoms with E-state index in [0.29, 0.717) is 10.6 Å². The van der Waals surface area contributed by atoms with Crippen molar-refractivity contribution in [3.05, 3.63) is 27.7 Å². The molecule has 1 rings (SSSR count). The van der Waals surface area contributed by atoms with Crippen LogP contribution < -0.4 is 5.73 Å². The molecule has 2 nitrogen and oxygen atoms in total. The van der Waals surface area contributed by atoms with E-state index in [9.17, 15) is 9.50 Å². The van der Waals surface area contributed by atoms with Gasteiger partial charge in [0.05, 0.1) is 11.7 Å². The minimum Gasteiger partial charge on any atom is -0.508 e. The van der Waals surface area contributed by atoms with Crippen molar-refractivity contribution in [2.24, 2.45) is 5.73 Å². The van der Waals surface area contributed by atoms with Gasteiger partial charge in [0.2, 0.25) is 0 Å². The van der Waals surface area contributed by atoms with Crippen molar-refractivity contribution < 1.29 is 9.50 Å². The van der Waals surface area contributed by atoms with Crippen LogP contribution in [-0.4, -0.2) is 11.8 Å². The van der Waals surface area contributed by atoms with Crippen molar-refractivity contribution in [1.29, 1.82) is 0 Å². The molecule has 0 heterocycles. The Morgan fingerprint density at radius 2 is 2.00 bits per heavy atom. The Labute approximate surface area is 104 Å². The van der Waals surface area contributed by atoms with Gasteiger partial charge in [0.1, 0.15) is 5.75 Å². The molecule has 6 heteroatoms. The number of phenols is 1. The molecule has 15 heavy (non-hydrogen) atoms. The quantitative estimate of drug-likeness (QED) is 0.886. The van der Waals surface area contributed by atoms with Gasteiger partial charge in [-0.15, -0.1) is 12.4 Å². The molecule has 0 bridgehead atoms. The second-order valence-electron chi connectivity index (χ2n) is 2.90. The van der Waals surface area contributed by atoms with Gasteiger partial charge in [-0.3, -0.25) is 4.39 Å². The number of phenolic OH excluding ortho intramolecular Hbond substituents is 1. The molecule has 0 fully saturated rings. The van der Waals surface area contributed by atoms with Crippen molar-refractivity contribution in [3.8, 4) is 5.75 Å². The van der Waals surface area contributed by atoms with Gasteiger partial charge in [-0.1, -0.05) is 23.2 Å². The maximum Gasteiger partial charge on any atom is 0.123 e. The lowest BCUT2D eigenvalue weighted by atomic mass is 10.0. The minimum absolute atomic E-state index is 0. The first kappa shape index (κ1) is 14.8. The van der Waals surface area contributed by atoms with Crippen molar-refractivity contribution >= 4 is 35.6 Å². The third kappa shape index (κ3) is 3.68. The standard InChI is InChI=1S/C9H10Cl2FNO.ClH/c10-5-3-6(11)9(8(14)4-5)7(13)1-2-12;/h3-4,7,14H,1-2,13H2;1H/t7-;/m1./s1. The number of aromatic hydroxyl groups is 1. The molecule has 3 N–H and O–H groups in total. The van der Waals surface area contributed by atoms with Gasteiger partial charge in [0.15, 0.2) is 0 Å². The highest BCUT2D eigenvalue weighted by Gasteiger charge is 2.15. The van der Waals surface area contributed by atoms with Crippen molar-refractivity contribution in [1.82, 2.24) is 0 Å². The molecule has 0 saturated heterocycles. The summed E-state index contributed by atoms with van der Waals surface area (Å²) in [4.78, 5) is 0. The fraction of sp³-hybridized carbons (Fsp3) is 0.333. The molecule has 0 aliphatic carbocycles. The first-order valence-corrected chi connectivity index (χ1v) is 4.81. The molecule has 0 unspecified atom stereocenters. The summed E-state index contributed by atoms with van der Waals surface area (Å²) in [6.07, 6.45) is 0.120. The van der Waals surface area contributed by atoms with Crippen LogP contribution in [0.2, 0.25) is 10.0 Å². The summed E-state index contributed by atoms with van der Waals surface area (Å²) in [7, 11) is 0. The van der Waals surface area contributed by atoms with E-state index >= 15 is 0 Å². The van der Waals surface area contributed by atoms with E-state index in [0.717, 1.165) is 0 Å². The van der Waals surface area contributed by atoms with E-state index in [4.69, 9.17) is 28.9 Å². The highest BCUT2D eigenvalue weighted by molar-refractivity contribution is 6.35. The summed E-state index contributed by atoms with van der Waals surface area (Å²) >= 11 is 11.5. The Bertz CT molecular complexity index is 312. The van der Waals surface area contributed by atoms with Crippen LogP contribution in [0.5, 0.6) is 5.75 Å². The molecule has 0 amide bonds. The molecule has 0 aliphatic heterocycles. The number of hydrogen-bond acceptors (Lipinski definition) is 2. The average molecular weight is 275 g/mol. The predicted molar refractivity (Wildman–Crippen MR) is 62.9 cm³/mol. The third-order valence-electron chi connectivity index (χ3n) is 1.86. The highest BCUT2D eigenvalue weighted by atomic mass is 35.5. The number of rotatable bonds is 3. The Hall–Kier alpha value is -0.220. The van der Waals surface area contributed by atoms with Crippen LogP contribution in [0.1, 0.15) is 18.0 Å². The van der Waals surface area contributed by atoms with Crippen molar-refractivity contribution in [2.45, 2.75) is 12.5 Å². The van der Waals surface area contributed by atoms with Gasteiger partial charge in [-0.05, 0) is 18.6 Å². The number of hydrogen-bond donors (Lipinski definition) is 2. The van der Waals surface area contributed by atoms with Crippen LogP contribution in [0.4, 0.5) is 4.39 Å². The summed E-state index contributed by atoms with van der Waals surface area (Å²) in [6.45, 7) is -0.556. The second kappa shape index (κ2) is 6.38. The summed E-state index contributed by atoms with van der Waals surface area (Å²) < 4.78 is 12.0. The van der Waals surface area contributed by atoms with Gasteiger partial charge in [0.25, 0.3) is 0 Å². The van der Waals surface area contributed by atoms with E-state index in [1.54, 1.807) is 0 Å². The minimum atomic E-state index is -0.607. The summed E-state index contributed by atoms with van der Waals surface area (Å²) in [5, 5.41) is 10.1. The van der Waals surface area contributed by atoms with E-state index in [1.165, 1.54) is 12.1 Å². The van der Waals surface area contributed by atoms with E-state index in [2.05, 4.69) is 0 Å². The van der Waals surface area contributed by atoms with Gasteiger partial charge < -0.3 is 10.8 Å². The van der Waals surface area contributed by atoms with Crippen LogP contribution in [0.15, 0.2) is 12.1 Å². The maximum atomic E-state index is 12.0. The Balaban J connectivity index is 0.00000196. The van der Waals surface area contributed by atoms with Crippen LogP contribution in [-0.2, 0) is 0 Å². The molecule has 0 spiro atoms. The summed E-state index contributed by atoms with van der Waals surface area (Å²) in [5.41, 5.74) is 5.97. The lowest BCUT2D eigenvalue weighted by Gasteiger charge is -2.13. The third-order valence-corrected chi connectivity index (χ3v) is 2.39. The Kier molecular flexibility index (Phi) is 6.29. The Morgan fingerprint density at radius 3 is 2.47 bits per heavy atom. The highest BCUT2D eigenvalue weighted by Crippen LogP contribution is 2.34. The first-order chi connectivity index (χ1) is 6.56. The molecular weight excluding hydrogens is 263 g/mol. The molecule has 0 saturated carbocycles. The van der Waals surface area contributed by atoms with Gasteiger partial charge in [0, 0.05) is 16.6 Å². The maximum absolute atomic E-state index is 12.0. The van der Waals surface area contributed by atoms with Crippen molar-refractivity contribution in [2.75, 3.05) is 6.67 Å². The smallest absolute Gasteiger partial charge is 0.123 e.